The van der Waals surface area contributed by atoms with E-state index in [1.165, 1.54) is 6.07 Å². The number of rotatable bonds is 3. The van der Waals surface area contributed by atoms with Crippen LogP contribution >= 0.6 is 22.9 Å². The van der Waals surface area contributed by atoms with Crippen LogP contribution in [0.3, 0.4) is 0 Å². The third-order valence-electron chi connectivity index (χ3n) is 2.70. The molecule has 0 fully saturated rings. The van der Waals surface area contributed by atoms with E-state index < -0.39 is 0 Å². The van der Waals surface area contributed by atoms with Crippen molar-refractivity contribution < 1.29 is 4.39 Å². The van der Waals surface area contributed by atoms with Crippen LogP contribution in [0.1, 0.15) is 31.5 Å². The molecular formula is C14H16ClFN2S. The number of aromatic nitrogens is 1. The van der Waals surface area contributed by atoms with Crippen molar-refractivity contribution >= 4 is 28.6 Å². The number of thiazole rings is 1. The van der Waals surface area contributed by atoms with Crippen molar-refractivity contribution in [1.82, 2.24) is 4.98 Å². The molecular weight excluding hydrogens is 283 g/mol. The molecule has 0 radical (unpaired) electrons. The second-order valence-corrected chi connectivity index (χ2v) is 6.68. The van der Waals surface area contributed by atoms with Gasteiger partial charge in [-0.05, 0) is 12.1 Å². The van der Waals surface area contributed by atoms with Crippen LogP contribution in [-0.4, -0.2) is 4.98 Å². The highest BCUT2D eigenvalue weighted by molar-refractivity contribution is 7.09. The highest BCUT2D eigenvalue weighted by Gasteiger charge is 2.17. The third-order valence-corrected chi connectivity index (χ3v) is 3.86. The van der Waals surface area contributed by atoms with Gasteiger partial charge in [-0.2, -0.15) is 0 Å². The maximum atomic E-state index is 13.6. The molecule has 1 aromatic carbocycles. The number of nitrogens with one attached hydrogen (secondary N) is 1. The van der Waals surface area contributed by atoms with E-state index in [1.807, 2.05) is 5.38 Å². The zero-order chi connectivity index (χ0) is 14.0. The largest absolute Gasteiger partial charge is 0.375 e. The Balaban J connectivity index is 2.09. The fraction of sp³-hybridized carbons (Fsp3) is 0.357. The standard InChI is InChI=1S/C14H16ClFN2S/c1-14(2,3)11-8-19-12(18-11)7-17-13-9(15)5-4-6-10(13)16/h4-6,8,17H,7H2,1-3H3. The van der Waals surface area contributed by atoms with E-state index in [4.69, 9.17) is 11.6 Å². The Morgan fingerprint density at radius 2 is 2.11 bits per heavy atom. The van der Waals surface area contributed by atoms with E-state index in [1.54, 1.807) is 23.5 Å². The molecule has 2 nitrogen and oxygen atoms in total. The zero-order valence-corrected chi connectivity index (χ0v) is 12.7. The molecule has 0 spiro atoms. The van der Waals surface area contributed by atoms with Gasteiger partial charge in [0, 0.05) is 10.8 Å². The van der Waals surface area contributed by atoms with E-state index in [2.05, 4.69) is 31.1 Å². The molecule has 1 heterocycles. The van der Waals surface area contributed by atoms with Gasteiger partial charge in [-0.15, -0.1) is 11.3 Å². The molecule has 1 aromatic heterocycles. The fourth-order valence-corrected chi connectivity index (χ4v) is 2.76. The van der Waals surface area contributed by atoms with Gasteiger partial charge >= 0.3 is 0 Å². The van der Waals surface area contributed by atoms with Gasteiger partial charge < -0.3 is 5.32 Å². The van der Waals surface area contributed by atoms with Crippen molar-refractivity contribution in [2.45, 2.75) is 32.7 Å². The molecule has 0 saturated heterocycles. The first-order chi connectivity index (χ1) is 8.88. The van der Waals surface area contributed by atoms with Crippen molar-refractivity contribution in [3.63, 3.8) is 0 Å². The summed E-state index contributed by atoms with van der Waals surface area (Å²) in [5, 5.41) is 6.35. The quantitative estimate of drug-likeness (QED) is 0.876. The van der Waals surface area contributed by atoms with Gasteiger partial charge in [-0.1, -0.05) is 38.4 Å². The molecule has 0 aliphatic carbocycles. The Morgan fingerprint density at radius 3 is 2.68 bits per heavy atom. The molecule has 0 bridgehead atoms. The normalized spacial score (nSPS) is 11.6. The van der Waals surface area contributed by atoms with Gasteiger partial charge in [-0.25, -0.2) is 9.37 Å². The number of hydrogen-bond donors (Lipinski definition) is 1. The highest BCUT2D eigenvalue weighted by Crippen LogP contribution is 2.27. The second-order valence-electron chi connectivity index (χ2n) is 5.33. The molecule has 2 rings (SSSR count). The lowest BCUT2D eigenvalue weighted by atomic mass is 9.93. The van der Waals surface area contributed by atoms with Gasteiger partial charge in [0.2, 0.25) is 0 Å². The minimum atomic E-state index is -0.347. The van der Waals surface area contributed by atoms with E-state index in [0.29, 0.717) is 17.3 Å². The van der Waals surface area contributed by atoms with Crippen LogP contribution in [-0.2, 0) is 12.0 Å². The molecule has 0 saturated carbocycles. The first-order valence-corrected chi connectivity index (χ1v) is 7.26. The molecule has 0 aliphatic heterocycles. The number of nitrogens with zero attached hydrogens (tertiary/aromatic N) is 1. The maximum Gasteiger partial charge on any atom is 0.147 e. The summed E-state index contributed by atoms with van der Waals surface area (Å²) in [6.45, 7) is 6.83. The fourth-order valence-electron chi connectivity index (χ4n) is 1.57. The van der Waals surface area contributed by atoms with E-state index in [9.17, 15) is 4.39 Å². The monoisotopic (exact) mass is 298 g/mol. The summed E-state index contributed by atoms with van der Waals surface area (Å²) >= 11 is 7.52. The average Bonchev–Trinajstić information content (AvgIpc) is 2.77. The summed E-state index contributed by atoms with van der Waals surface area (Å²) in [4.78, 5) is 4.55. The lowest BCUT2D eigenvalue weighted by Gasteiger charge is -2.14. The third kappa shape index (κ3) is 3.45. The SMILES string of the molecule is CC(C)(C)c1csc(CNc2c(F)cccc2Cl)n1. The van der Waals surface area contributed by atoms with Crippen LogP contribution in [0.15, 0.2) is 23.6 Å². The number of halogens is 2. The Hall–Kier alpha value is -1.13. The Bertz CT molecular complexity index is 555. The summed E-state index contributed by atoms with van der Waals surface area (Å²) in [5.41, 5.74) is 1.41. The smallest absolute Gasteiger partial charge is 0.147 e. The van der Waals surface area contributed by atoms with Crippen molar-refractivity contribution in [3.05, 3.63) is 45.1 Å². The van der Waals surface area contributed by atoms with Gasteiger partial charge in [0.15, 0.2) is 0 Å². The van der Waals surface area contributed by atoms with Crippen molar-refractivity contribution in [2.24, 2.45) is 0 Å². The number of hydrogen-bond acceptors (Lipinski definition) is 3. The molecule has 0 amide bonds. The molecule has 102 valence electrons. The Morgan fingerprint density at radius 1 is 1.37 bits per heavy atom. The van der Waals surface area contributed by atoms with E-state index in [-0.39, 0.29) is 11.2 Å². The predicted octanol–water partition coefficient (Wildman–Crippen LogP) is 4.85. The lowest BCUT2D eigenvalue weighted by molar-refractivity contribution is 0.571. The van der Waals surface area contributed by atoms with Gasteiger partial charge in [0.05, 0.1) is 22.9 Å². The first-order valence-electron chi connectivity index (χ1n) is 6.00. The predicted molar refractivity (Wildman–Crippen MR) is 79.6 cm³/mol. The Labute approximate surface area is 121 Å². The second kappa shape index (κ2) is 5.47. The number of anilines is 1. The van der Waals surface area contributed by atoms with Crippen molar-refractivity contribution in [1.29, 1.82) is 0 Å². The first kappa shape index (κ1) is 14.3. The Kier molecular flexibility index (Phi) is 4.11. The molecule has 5 heteroatoms. The summed E-state index contributed by atoms with van der Waals surface area (Å²) in [7, 11) is 0. The zero-order valence-electron chi connectivity index (χ0n) is 11.1. The number of para-hydroxylation sites is 1. The van der Waals surface area contributed by atoms with Crippen LogP contribution in [0.25, 0.3) is 0 Å². The van der Waals surface area contributed by atoms with Crippen LogP contribution in [0.2, 0.25) is 5.02 Å². The number of benzene rings is 1. The lowest BCUT2D eigenvalue weighted by Crippen LogP contribution is -2.12. The molecule has 2 aromatic rings. The summed E-state index contributed by atoms with van der Waals surface area (Å²) in [6, 6.07) is 4.63. The van der Waals surface area contributed by atoms with Crippen LogP contribution in [0.5, 0.6) is 0 Å². The van der Waals surface area contributed by atoms with Crippen molar-refractivity contribution in [2.75, 3.05) is 5.32 Å². The maximum absolute atomic E-state index is 13.6. The van der Waals surface area contributed by atoms with Crippen LogP contribution in [0.4, 0.5) is 10.1 Å². The minimum absolute atomic E-state index is 0.0321. The van der Waals surface area contributed by atoms with E-state index >= 15 is 0 Å². The summed E-state index contributed by atoms with van der Waals surface area (Å²) in [6.07, 6.45) is 0. The topological polar surface area (TPSA) is 24.9 Å². The average molecular weight is 299 g/mol. The molecule has 0 aliphatic rings. The van der Waals surface area contributed by atoms with Crippen molar-refractivity contribution in [3.8, 4) is 0 Å². The van der Waals surface area contributed by atoms with Crippen LogP contribution in [0, 0.1) is 5.82 Å². The van der Waals surface area contributed by atoms with Gasteiger partial charge in [0.1, 0.15) is 10.8 Å². The summed E-state index contributed by atoms with van der Waals surface area (Å²) in [5.74, 6) is -0.347. The van der Waals surface area contributed by atoms with Crippen LogP contribution < -0.4 is 5.32 Å². The van der Waals surface area contributed by atoms with E-state index in [0.717, 1.165) is 10.7 Å². The summed E-state index contributed by atoms with van der Waals surface area (Å²) < 4.78 is 13.6. The molecule has 19 heavy (non-hydrogen) atoms. The highest BCUT2D eigenvalue weighted by atomic mass is 35.5. The van der Waals surface area contributed by atoms with Gasteiger partial charge in [0.25, 0.3) is 0 Å². The molecule has 0 unspecified atom stereocenters. The molecule has 0 atom stereocenters. The molecule has 1 N–H and O–H groups in total. The minimum Gasteiger partial charge on any atom is -0.375 e. The van der Waals surface area contributed by atoms with Gasteiger partial charge in [-0.3, -0.25) is 0 Å².